The molecule has 1 amide bonds. The molecule has 4 rings (SSSR count). The minimum atomic E-state index is -0.801. The van der Waals surface area contributed by atoms with Crippen molar-refractivity contribution in [3.8, 4) is 11.5 Å². The van der Waals surface area contributed by atoms with Crippen LogP contribution in [0.15, 0.2) is 42.5 Å². The van der Waals surface area contributed by atoms with Crippen LogP contribution in [0.1, 0.15) is 61.6 Å². The lowest BCUT2D eigenvalue weighted by Gasteiger charge is -2.30. The number of hydrogen-bond donors (Lipinski definition) is 2. The number of benzene rings is 2. The summed E-state index contributed by atoms with van der Waals surface area (Å²) in [7, 11) is 1.67. The van der Waals surface area contributed by atoms with Crippen molar-refractivity contribution in [3.63, 3.8) is 0 Å². The average molecular weight is 552 g/mol. The summed E-state index contributed by atoms with van der Waals surface area (Å²) >= 11 is 0. The van der Waals surface area contributed by atoms with Crippen LogP contribution >= 0.6 is 0 Å². The summed E-state index contributed by atoms with van der Waals surface area (Å²) in [6.45, 7) is 5.43. The van der Waals surface area contributed by atoms with Gasteiger partial charge in [-0.15, -0.1) is 0 Å². The molecule has 3 unspecified atom stereocenters. The zero-order valence-electron chi connectivity index (χ0n) is 24.0. The molecule has 2 heterocycles. The number of likely N-dealkylation sites (tertiary alicyclic amines) is 1. The van der Waals surface area contributed by atoms with Gasteiger partial charge in [-0.1, -0.05) is 43.7 Å². The van der Waals surface area contributed by atoms with Crippen LogP contribution in [0.3, 0.4) is 0 Å². The summed E-state index contributed by atoms with van der Waals surface area (Å²) < 4.78 is 11.2. The van der Waals surface area contributed by atoms with E-state index in [-0.39, 0.29) is 24.4 Å². The molecule has 0 radical (unpaired) electrons. The van der Waals surface area contributed by atoms with E-state index >= 15 is 0 Å². The molecular formula is C32H45N3O5. The highest BCUT2D eigenvalue weighted by Crippen LogP contribution is 2.41. The maximum Gasteiger partial charge on any atom is 0.308 e. The second-order valence-corrected chi connectivity index (χ2v) is 11.0. The number of nitrogens with zero attached hydrogens (tertiary/aromatic N) is 2. The van der Waals surface area contributed by atoms with E-state index in [2.05, 4.69) is 24.0 Å². The monoisotopic (exact) mass is 551 g/mol. The number of carboxylic acids is 1. The van der Waals surface area contributed by atoms with E-state index in [4.69, 9.17) is 15.2 Å². The first-order chi connectivity index (χ1) is 19.5. The highest BCUT2D eigenvalue weighted by Gasteiger charge is 2.47. The van der Waals surface area contributed by atoms with Crippen molar-refractivity contribution in [2.75, 3.05) is 46.4 Å². The van der Waals surface area contributed by atoms with E-state index in [0.29, 0.717) is 39.2 Å². The van der Waals surface area contributed by atoms with Crippen molar-refractivity contribution >= 4 is 11.9 Å². The lowest BCUT2D eigenvalue weighted by atomic mass is 9.83. The molecule has 2 aromatic carbocycles. The Labute approximate surface area is 238 Å². The SMILES string of the molecule is CCCCN(CCCN)C(=O)CN1CC(c2ccc3c(c2)CCO3)C(C(=O)O)C1CCCc1ccccc1OC. The Balaban J connectivity index is 1.57. The van der Waals surface area contributed by atoms with Gasteiger partial charge in [0, 0.05) is 38.0 Å². The number of hydrogen-bond acceptors (Lipinski definition) is 6. The van der Waals surface area contributed by atoms with Crippen molar-refractivity contribution in [2.45, 2.75) is 63.8 Å². The third kappa shape index (κ3) is 7.15. The van der Waals surface area contributed by atoms with Gasteiger partial charge in [0.05, 0.1) is 26.2 Å². The molecule has 3 N–H and O–H groups in total. The van der Waals surface area contributed by atoms with Gasteiger partial charge in [-0.2, -0.15) is 0 Å². The Kier molecular flexibility index (Phi) is 10.8. The second kappa shape index (κ2) is 14.5. The summed E-state index contributed by atoms with van der Waals surface area (Å²) in [6, 6.07) is 13.8. The molecule has 0 aromatic heterocycles. The minimum Gasteiger partial charge on any atom is -0.496 e. The zero-order chi connectivity index (χ0) is 28.5. The molecule has 218 valence electrons. The van der Waals surface area contributed by atoms with Crippen LogP contribution in [0.4, 0.5) is 0 Å². The minimum absolute atomic E-state index is 0.0590. The van der Waals surface area contributed by atoms with Crippen LogP contribution in [0.25, 0.3) is 0 Å². The maximum atomic E-state index is 13.6. The Bertz CT molecular complexity index is 1130. The number of aliphatic carboxylic acids is 1. The molecule has 1 fully saturated rings. The molecule has 8 heteroatoms. The van der Waals surface area contributed by atoms with Gasteiger partial charge in [0.25, 0.3) is 0 Å². The van der Waals surface area contributed by atoms with Gasteiger partial charge in [0.2, 0.25) is 5.91 Å². The average Bonchev–Trinajstić information content (AvgIpc) is 3.57. The number of ether oxygens (including phenoxy) is 2. The Morgan fingerprint density at radius 1 is 1.15 bits per heavy atom. The molecule has 2 aliphatic rings. The number of amides is 1. The number of fused-ring (bicyclic) bond motifs is 1. The fraction of sp³-hybridized carbons (Fsp3) is 0.562. The lowest BCUT2D eigenvalue weighted by Crippen LogP contribution is -2.45. The van der Waals surface area contributed by atoms with Gasteiger partial charge in [-0.05, 0) is 67.5 Å². The lowest BCUT2D eigenvalue weighted by molar-refractivity contribution is -0.143. The summed E-state index contributed by atoms with van der Waals surface area (Å²) in [5.74, 6) is 0.203. The predicted molar refractivity (Wildman–Crippen MR) is 156 cm³/mol. The second-order valence-electron chi connectivity index (χ2n) is 11.0. The van der Waals surface area contributed by atoms with E-state index in [0.717, 1.165) is 66.7 Å². The third-order valence-electron chi connectivity index (χ3n) is 8.42. The molecule has 1 saturated heterocycles. The van der Waals surface area contributed by atoms with Crippen LogP contribution < -0.4 is 15.2 Å². The standard InChI is InChI=1S/C32H45N3O5/c1-3-4-17-34(18-8-16-33)30(36)22-35-21-26(24-13-14-29-25(20-24)15-19-40-29)31(32(37)38)27(35)11-7-10-23-9-5-6-12-28(23)39-2/h5-6,9,12-14,20,26-27,31H,3-4,7-8,10-11,15-19,21-22,33H2,1-2H3,(H,37,38). The van der Waals surface area contributed by atoms with E-state index < -0.39 is 11.9 Å². The van der Waals surface area contributed by atoms with E-state index in [9.17, 15) is 14.7 Å². The molecule has 2 aromatic rings. The zero-order valence-corrected chi connectivity index (χ0v) is 24.0. The number of nitrogens with two attached hydrogens (primary N) is 1. The Morgan fingerprint density at radius 2 is 1.95 bits per heavy atom. The number of rotatable bonds is 15. The predicted octanol–water partition coefficient (Wildman–Crippen LogP) is 4.10. The fourth-order valence-corrected chi connectivity index (χ4v) is 6.30. The van der Waals surface area contributed by atoms with Gasteiger partial charge in [0.1, 0.15) is 11.5 Å². The van der Waals surface area contributed by atoms with Crippen molar-refractivity contribution in [2.24, 2.45) is 11.7 Å². The van der Waals surface area contributed by atoms with E-state index in [1.54, 1.807) is 7.11 Å². The first-order valence-corrected chi connectivity index (χ1v) is 14.8. The number of carbonyl (C=O) groups is 2. The number of methoxy groups -OCH3 is 1. The molecule has 40 heavy (non-hydrogen) atoms. The van der Waals surface area contributed by atoms with Crippen molar-refractivity contribution in [1.29, 1.82) is 0 Å². The Hall–Kier alpha value is -3.10. The number of para-hydroxylation sites is 1. The summed E-state index contributed by atoms with van der Waals surface area (Å²) in [5, 5.41) is 10.5. The molecule has 0 spiro atoms. The maximum absolute atomic E-state index is 13.6. The smallest absolute Gasteiger partial charge is 0.308 e. The largest absolute Gasteiger partial charge is 0.496 e. The molecule has 0 saturated carbocycles. The highest BCUT2D eigenvalue weighted by molar-refractivity contribution is 5.79. The number of aryl methyl sites for hydroxylation is 1. The normalized spacial score (nSPS) is 20.2. The van der Waals surface area contributed by atoms with Crippen LogP contribution in [0.2, 0.25) is 0 Å². The molecule has 0 bridgehead atoms. The van der Waals surface area contributed by atoms with Crippen LogP contribution in [0.5, 0.6) is 11.5 Å². The van der Waals surface area contributed by atoms with Crippen LogP contribution in [-0.4, -0.2) is 79.3 Å². The molecule has 8 nitrogen and oxygen atoms in total. The molecular weight excluding hydrogens is 506 g/mol. The summed E-state index contributed by atoms with van der Waals surface area (Å²) in [5.41, 5.74) is 9.02. The van der Waals surface area contributed by atoms with Gasteiger partial charge in [-0.3, -0.25) is 14.5 Å². The number of carboxylic acid groups (broad SMARTS) is 1. The van der Waals surface area contributed by atoms with Crippen molar-refractivity contribution in [3.05, 3.63) is 59.2 Å². The van der Waals surface area contributed by atoms with Crippen molar-refractivity contribution < 1.29 is 24.2 Å². The Morgan fingerprint density at radius 3 is 2.70 bits per heavy atom. The first-order valence-electron chi connectivity index (χ1n) is 14.8. The van der Waals surface area contributed by atoms with Gasteiger partial charge in [0.15, 0.2) is 0 Å². The van der Waals surface area contributed by atoms with Crippen LogP contribution in [-0.2, 0) is 22.4 Å². The van der Waals surface area contributed by atoms with Gasteiger partial charge >= 0.3 is 5.97 Å². The van der Waals surface area contributed by atoms with Gasteiger partial charge < -0.3 is 25.2 Å². The number of unbranched alkanes of at least 4 members (excludes halogenated alkanes) is 1. The molecule has 2 aliphatic heterocycles. The topological polar surface area (TPSA) is 105 Å². The summed E-state index contributed by atoms with van der Waals surface area (Å²) in [6.07, 6.45) is 5.82. The molecule has 0 aliphatic carbocycles. The highest BCUT2D eigenvalue weighted by atomic mass is 16.5. The number of carbonyl (C=O) groups excluding carboxylic acids is 1. The van der Waals surface area contributed by atoms with Gasteiger partial charge in [-0.25, -0.2) is 0 Å². The quantitative estimate of drug-likeness (QED) is 0.343. The summed E-state index contributed by atoms with van der Waals surface area (Å²) in [4.78, 5) is 30.5. The van der Waals surface area contributed by atoms with E-state index in [1.807, 2.05) is 35.2 Å². The third-order valence-corrected chi connectivity index (χ3v) is 8.42. The van der Waals surface area contributed by atoms with Crippen molar-refractivity contribution in [1.82, 2.24) is 9.80 Å². The first kappa shape index (κ1) is 29.9. The van der Waals surface area contributed by atoms with E-state index in [1.165, 1.54) is 0 Å². The fourth-order valence-electron chi connectivity index (χ4n) is 6.30. The molecule has 3 atom stereocenters. The van der Waals surface area contributed by atoms with Crippen LogP contribution in [0, 0.1) is 5.92 Å².